The molecule has 1 aromatic carbocycles. The summed E-state index contributed by atoms with van der Waals surface area (Å²) in [6.07, 6.45) is 2.69. The van der Waals surface area contributed by atoms with Crippen LogP contribution in [0, 0.1) is 0 Å². The van der Waals surface area contributed by atoms with E-state index in [0.717, 1.165) is 5.56 Å². The number of anilines is 1. The van der Waals surface area contributed by atoms with E-state index in [9.17, 15) is 9.59 Å². The van der Waals surface area contributed by atoms with Crippen LogP contribution < -0.4 is 11.2 Å². The van der Waals surface area contributed by atoms with E-state index in [1.54, 1.807) is 18.2 Å². The minimum absolute atomic E-state index is 0.131. The molecule has 0 spiro atoms. The molecule has 0 saturated carbocycles. The number of carbonyl (C=O) groups is 1. The van der Waals surface area contributed by atoms with Gasteiger partial charge >= 0.3 is 0 Å². The van der Waals surface area contributed by atoms with Crippen molar-refractivity contribution in [1.29, 1.82) is 0 Å². The van der Waals surface area contributed by atoms with E-state index in [1.807, 2.05) is 6.07 Å². The zero-order chi connectivity index (χ0) is 12.4. The Morgan fingerprint density at radius 1 is 1.41 bits per heavy atom. The minimum atomic E-state index is -0.398. The molecule has 0 aliphatic heterocycles. The molecule has 0 aliphatic carbocycles. The van der Waals surface area contributed by atoms with Crippen LogP contribution in [0.3, 0.4) is 0 Å². The number of nitrogens with two attached hydrogens (primary N) is 1. The minimum Gasteiger partial charge on any atom is -0.440 e. The van der Waals surface area contributed by atoms with E-state index in [2.05, 4.69) is 6.58 Å². The molecule has 0 radical (unpaired) electrons. The van der Waals surface area contributed by atoms with Crippen molar-refractivity contribution in [3.05, 3.63) is 52.2 Å². The highest BCUT2D eigenvalue weighted by molar-refractivity contribution is 5.90. The lowest BCUT2D eigenvalue weighted by molar-refractivity contribution is 0.112. The highest BCUT2D eigenvalue weighted by atomic mass is 16.3. The number of rotatable bonds is 3. The first-order valence-corrected chi connectivity index (χ1v) is 5.09. The maximum Gasteiger partial charge on any atom is 0.205 e. The molecule has 0 amide bonds. The van der Waals surface area contributed by atoms with Gasteiger partial charge < -0.3 is 10.2 Å². The van der Waals surface area contributed by atoms with Crippen molar-refractivity contribution in [3.63, 3.8) is 0 Å². The van der Waals surface area contributed by atoms with E-state index in [4.69, 9.17) is 10.2 Å². The number of para-hydroxylation sites is 1. The standard InChI is InChI=1S/C13H11NO3/c1-2-4-8-5-3-6-9-11(16)10(7-15)13(14)17-12(8)9/h2-3,5-7H,1,4,14H2. The van der Waals surface area contributed by atoms with Gasteiger partial charge in [0, 0.05) is 0 Å². The van der Waals surface area contributed by atoms with E-state index >= 15 is 0 Å². The summed E-state index contributed by atoms with van der Waals surface area (Å²) in [7, 11) is 0. The summed E-state index contributed by atoms with van der Waals surface area (Å²) in [5.74, 6) is -0.144. The zero-order valence-corrected chi connectivity index (χ0v) is 9.10. The zero-order valence-electron chi connectivity index (χ0n) is 9.10. The van der Waals surface area contributed by atoms with E-state index in [1.165, 1.54) is 0 Å². The van der Waals surface area contributed by atoms with Crippen LogP contribution >= 0.6 is 0 Å². The second-order valence-corrected chi connectivity index (χ2v) is 3.61. The normalized spacial score (nSPS) is 10.4. The quantitative estimate of drug-likeness (QED) is 0.644. The van der Waals surface area contributed by atoms with Gasteiger partial charge in [0.05, 0.1) is 5.39 Å². The third kappa shape index (κ3) is 1.73. The van der Waals surface area contributed by atoms with Crippen molar-refractivity contribution in [2.24, 2.45) is 0 Å². The van der Waals surface area contributed by atoms with Gasteiger partial charge in [0.15, 0.2) is 6.29 Å². The van der Waals surface area contributed by atoms with Gasteiger partial charge in [0.2, 0.25) is 11.3 Å². The van der Waals surface area contributed by atoms with Crippen LogP contribution in [0.1, 0.15) is 15.9 Å². The molecular formula is C13H11NO3. The van der Waals surface area contributed by atoms with Crippen molar-refractivity contribution in [1.82, 2.24) is 0 Å². The molecular weight excluding hydrogens is 218 g/mol. The van der Waals surface area contributed by atoms with Crippen LogP contribution in [0.15, 0.2) is 40.1 Å². The molecule has 1 aromatic heterocycles. The Morgan fingerprint density at radius 2 is 2.18 bits per heavy atom. The van der Waals surface area contributed by atoms with Crippen LogP contribution in [-0.4, -0.2) is 6.29 Å². The topological polar surface area (TPSA) is 73.3 Å². The van der Waals surface area contributed by atoms with Gasteiger partial charge in [-0.15, -0.1) is 6.58 Å². The van der Waals surface area contributed by atoms with Gasteiger partial charge in [-0.05, 0) is 18.1 Å². The second-order valence-electron chi connectivity index (χ2n) is 3.61. The predicted octanol–water partition coefficient (Wildman–Crippen LogP) is 1.92. The highest BCUT2D eigenvalue weighted by Crippen LogP contribution is 2.21. The molecule has 2 rings (SSSR count). The Bertz CT molecular complexity index is 655. The molecule has 0 bridgehead atoms. The molecule has 0 fully saturated rings. The van der Waals surface area contributed by atoms with Gasteiger partial charge in [0.1, 0.15) is 11.1 Å². The van der Waals surface area contributed by atoms with Crippen LogP contribution in [0.25, 0.3) is 11.0 Å². The maximum absolute atomic E-state index is 11.9. The van der Waals surface area contributed by atoms with Crippen molar-refractivity contribution in [3.8, 4) is 0 Å². The third-order valence-electron chi connectivity index (χ3n) is 2.55. The van der Waals surface area contributed by atoms with Gasteiger partial charge in [-0.1, -0.05) is 18.2 Å². The summed E-state index contributed by atoms with van der Waals surface area (Å²) < 4.78 is 5.35. The van der Waals surface area contributed by atoms with Gasteiger partial charge in [0.25, 0.3) is 0 Å². The van der Waals surface area contributed by atoms with Gasteiger partial charge in [-0.25, -0.2) is 0 Å². The van der Waals surface area contributed by atoms with Gasteiger partial charge in [-0.3, -0.25) is 9.59 Å². The van der Waals surface area contributed by atoms with Crippen molar-refractivity contribution in [2.45, 2.75) is 6.42 Å². The molecule has 17 heavy (non-hydrogen) atoms. The molecule has 86 valence electrons. The lowest BCUT2D eigenvalue weighted by atomic mass is 10.1. The van der Waals surface area contributed by atoms with E-state index < -0.39 is 5.43 Å². The average Bonchev–Trinajstić information content (AvgIpc) is 2.31. The third-order valence-corrected chi connectivity index (χ3v) is 2.55. The summed E-state index contributed by atoms with van der Waals surface area (Å²) in [5.41, 5.74) is 6.25. The van der Waals surface area contributed by atoms with Crippen LogP contribution in [0.4, 0.5) is 5.88 Å². The molecule has 4 heteroatoms. The first kappa shape index (κ1) is 11.1. The molecule has 0 aliphatic rings. The Balaban J connectivity index is 2.90. The largest absolute Gasteiger partial charge is 0.440 e. The number of aldehydes is 1. The van der Waals surface area contributed by atoms with Crippen molar-refractivity contribution >= 4 is 23.1 Å². The second kappa shape index (κ2) is 4.25. The van der Waals surface area contributed by atoms with Crippen LogP contribution in [-0.2, 0) is 6.42 Å². The average molecular weight is 229 g/mol. The fourth-order valence-electron chi connectivity index (χ4n) is 1.73. The van der Waals surface area contributed by atoms with Crippen LogP contribution in [0.2, 0.25) is 0 Å². The lowest BCUT2D eigenvalue weighted by Crippen LogP contribution is -2.12. The van der Waals surface area contributed by atoms with Gasteiger partial charge in [-0.2, -0.15) is 0 Å². The molecule has 0 unspecified atom stereocenters. The number of hydrogen-bond donors (Lipinski definition) is 1. The number of nitrogen functional groups attached to an aromatic ring is 1. The lowest BCUT2D eigenvalue weighted by Gasteiger charge is -2.05. The number of carbonyl (C=O) groups excluding carboxylic acids is 1. The number of fused-ring (bicyclic) bond motifs is 1. The number of benzene rings is 1. The fraction of sp³-hybridized carbons (Fsp3) is 0.0769. The number of hydrogen-bond acceptors (Lipinski definition) is 4. The van der Waals surface area contributed by atoms with Crippen LogP contribution in [0.5, 0.6) is 0 Å². The van der Waals surface area contributed by atoms with E-state index in [-0.39, 0.29) is 11.4 Å². The highest BCUT2D eigenvalue weighted by Gasteiger charge is 2.13. The molecule has 0 saturated heterocycles. The monoisotopic (exact) mass is 229 g/mol. The fourth-order valence-corrected chi connectivity index (χ4v) is 1.73. The summed E-state index contributed by atoms with van der Waals surface area (Å²) in [6, 6.07) is 5.18. The maximum atomic E-state index is 11.9. The first-order chi connectivity index (χ1) is 8.19. The molecule has 1 heterocycles. The summed E-state index contributed by atoms with van der Waals surface area (Å²) in [5, 5.41) is 0.362. The van der Waals surface area contributed by atoms with Crippen molar-refractivity contribution in [2.75, 3.05) is 5.73 Å². The summed E-state index contributed by atoms with van der Waals surface area (Å²) in [4.78, 5) is 22.7. The SMILES string of the molecule is C=CCc1cccc2c(=O)c(C=O)c(N)oc12. The molecule has 4 nitrogen and oxygen atoms in total. The molecule has 2 N–H and O–H groups in total. The smallest absolute Gasteiger partial charge is 0.205 e. The Labute approximate surface area is 97.4 Å². The van der Waals surface area contributed by atoms with Crippen molar-refractivity contribution < 1.29 is 9.21 Å². The predicted molar refractivity (Wildman–Crippen MR) is 66.2 cm³/mol. The Morgan fingerprint density at radius 3 is 2.82 bits per heavy atom. The summed E-state index contributed by atoms with van der Waals surface area (Å²) in [6.45, 7) is 3.63. The Kier molecular flexibility index (Phi) is 2.78. The van der Waals surface area contributed by atoms with E-state index in [0.29, 0.717) is 23.7 Å². The summed E-state index contributed by atoms with van der Waals surface area (Å²) >= 11 is 0. The first-order valence-electron chi connectivity index (χ1n) is 5.09. The molecule has 2 aromatic rings. The Hall–Kier alpha value is -2.36. The molecule has 0 atom stereocenters. The number of allylic oxidation sites excluding steroid dienone is 1.